The van der Waals surface area contributed by atoms with Crippen molar-refractivity contribution in [2.24, 2.45) is 10.2 Å². The number of rotatable bonds is 2. The highest BCUT2D eigenvalue weighted by atomic mass is 127. The molecule has 0 saturated carbocycles. The molecule has 0 aromatic rings. The van der Waals surface area contributed by atoms with Gasteiger partial charge in [0, 0.05) is 0 Å². The Hall–Kier alpha value is -0.260. The van der Waals surface area contributed by atoms with Crippen molar-refractivity contribution in [3.8, 4) is 0 Å². The first kappa shape index (κ1) is 7.74. The number of nitrogens with zero attached hydrogens (tertiary/aromatic N) is 2. The predicted octanol–water partition coefficient (Wildman–Crippen LogP) is 2.34. The second-order valence-electron chi connectivity index (χ2n) is 1.10. The zero-order chi connectivity index (χ0) is 6.41. The van der Waals surface area contributed by atoms with E-state index in [4.69, 9.17) is 5.41 Å². The fourth-order valence-corrected chi connectivity index (χ4v) is 0.266. The number of allylic oxidation sites excluding steroid dienone is 1. The number of hydrogen-bond donors (Lipinski definition) is 1. The lowest BCUT2D eigenvalue weighted by molar-refractivity contribution is 1.17. The molecular formula is C4H6IN3. The van der Waals surface area contributed by atoms with E-state index in [0.29, 0.717) is 0 Å². The number of halogens is 1. The summed E-state index contributed by atoms with van der Waals surface area (Å²) in [6, 6.07) is 0. The van der Waals surface area contributed by atoms with Gasteiger partial charge in [0.25, 0.3) is 0 Å². The topological polar surface area (TPSA) is 48.6 Å². The molecular weight excluding hydrogens is 217 g/mol. The maximum Gasteiger partial charge on any atom is 0.129 e. The van der Waals surface area contributed by atoms with Crippen LogP contribution in [0, 0.1) is 5.41 Å². The summed E-state index contributed by atoms with van der Waals surface area (Å²) < 4.78 is 1.80. The molecule has 0 atom stereocenters. The molecule has 0 bridgehead atoms. The Labute approximate surface area is 61.5 Å². The molecule has 0 spiro atoms. The summed E-state index contributed by atoms with van der Waals surface area (Å²) in [5.74, 6) is 0. The first-order valence-corrected chi connectivity index (χ1v) is 3.22. The van der Waals surface area contributed by atoms with Crippen LogP contribution < -0.4 is 0 Å². The Morgan fingerprint density at radius 1 is 1.75 bits per heavy atom. The maximum absolute atomic E-state index is 6.46. The summed E-state index contributed by atoms with van der Waals surface area (Å²) in [6.07, 6.45) is 0.906. The summed E-state index contributed by atoms with van der Waals surface area (Å²) in [5.41, 5.74) is 0.814. The van der Waals surface area contributed by atoms with Crippen molar-refractivity contribution in [2.45, 2.75) is 6.92 Å². The molecule has 0 heterocycles. The summed E-state index contributed by atoms with van der Waals surface area (Å²) in [6.45, 7) is 1.82. The van der Waals surface area contributed by atoms with E-state index >= 15 is 0 Å². The zero-order valence-corrected chi connectivity index (χ0v) is 6.58. The highest BCUT2D eigenvalue weighted by Gasteiger charge is 1.74. The fourth-order valence-electron chi connectivity index (χ4n) is 0.142. The van der Waals surface area contributed by atoms with E-state index in [0.717, 1.165) is 12.0 Å². The van der Waals surface area contributed by atoms with E-state index in [2.05, 4.69) is 32.8 Å². The van der Waals surface area contributed by atoms with Gasteiger partial charge in [-0.25, -0.2) is 0 Å². The summed E-state index contributed by atoms with van der Waals surface area (Å²) in [5, 5.41) is 13.4. The van der Waals surface area contributed by atoms with Crippen LogP contribution in [0.25, 0.3) is 0 Å². The lowest BCUT2D eigenvalue weighted by Gasteiger charge is -1.79. The molecule has 0 unspecified atom stereocenters. The largest absolute Gasteiger partial charge is 0.288 e. The molecule has 0 aromatic heterocycles. The number of hydrogen-bond acceptors (Lipinski definition) is 2. The SMILES string of the molecule is CC(=C/I)/N=N\C=N. The Kier molecular flexibility index (Phi) is 4.73. The number of azo groups is 1. The van der Waals surface area contributed by atoms with Gasteiger partial charge in [0.2, 0.25) is 0 Å². The van der Waals surface area contributed by atoms with E-state index in [1.807, 2.05) is 6.92 Å². The van der Waals surface area contributed by atoms with Crippen LogP contribution in [0.1, 0.15) is 6.92 Å². The molecule has 0 radical (unpaired) electrons. The van der Waals surface area contributed by atoms with E-state index in [-0.39, 0.29) is 0 Å². The molecule has 0 aliphatic carbocycles. The summed E-state index contributed by atoms with van der Waals surface area (Å²) in [7, 11) is 0. The van der Waals surface area contributed by atoms with Gasteiger partial charge < -0.3 is 0 Å². The summed E-state index contributed by atoms with van der Waals surface area (Å²) in [4.78, 5) is 0. The maximum atomic E-state index is 6.46. The Morgan fingerprint density at radius 2 is 2.38 bits per heavy atom. The van der Waals surface area contributed by atoms with Gasteiger partial charge in [-0.05, 0) is 11.0 Å². The minimum atomic E-state index is 0.814. The predicted molar refractivity (Wildman–Crippen MR) is 41.4 cm³/mol. The quantitative estimate of drug-likeness (QED) is 0.323. The van der Waals surface area contributed by atoms with Crippen LogP contribution in [-0.4, -0.2) is 6.34 Å². The number of nitrogens with one attached hydrogen (secondary N) is 1. The second-order valence-corrected chi connectivity index (χ2v) is 1.72. The van der Waals surface area contributed by atoms with Crippen LogP contribution >= 0.6 is 22.6 Å². The highest BCUT2D eigenvalue weighted by molar-refractivity contribution is 14.1. The minimum absolute atomic E-state index is 0.814. The average molecular weight is 223 g/mol. The molecule has 0 rings (SSSR count). The molecule has 0 aliphatic rings. The van der Waals surface area contributed by atoms with Gasteiger partial charge in [0.1, 0.15) is 6.34 Å². The van der Waals surface area contributed by atoms with Crippen molar-refractivity contribution >= 4 is 28.9 Å². The molecule has 4 heteroatoms. The van der Waals surface area contributed by atoms with Crippen LogP contribution in [0.5, 0.6) is 0 Å². The fraction of sp³-hybridized carbons (Fsp3) is 0.250. The Balaban J connectivity index is 3.69. The van der Waals surface area contributed by atoms with Gasteiger partial charge in [-0.1, -0.05) is 22.6 Å². The third-order valence-corrected chi connectivity index (χ3v) is 1.33. The van der Waals surface area contributed by atoms with Gasteiger partial charge in [0.05, 0.1) is 5.70 Å². The van der Waals surface area contributed by atoms with Crippen molar-refractivity contribution in [1.29, 1.82) is 5.41 Å². The standard InChI is InChI=1S/C4H6IN3/c1-4(2-5)8-7-3-6/h2-3,6H,1H3/b4-2-,6-3?,8-7-. The van der Waals surface area contributed by atoms with Crippen molar-refractivity contribution in [3.63, 3.8) is 0 Å². The molecule has 3 nitrogen and oxygen atoms in total. The molecule has 8 heavy (non-hydrogen) atoms. The van der Waals surface area contributed by atoms with Gasteiger partial charge >= 0.3 is 0 Å². The highest BCUT2D eigenvalue weighted by Crippen LogP contribution is 1.98. The molecule has 1 N–H and O–H groups in total. The van der Waals surface area contributed by atoms with Crippen molar-refractivity contribution in [1.82, 2.24) is 0 Å². The van der Waals surface area contributed by atoms with Gasteiger partial charge in [-0.3, -0.25) is 5.41 Å². The minimum Gasteiger partial charge on any atom is -0.288 e. The van der Waals surface area contributed by atoms with E-state index < -0.39 is 0 Å². The zero-order valence-electron chi connectivity index (χ0n) is 4.43. The first-order valence-electron chi connectivity index (χ1n) is 1.98. The molecule has 0 fully saturated rings. The van der Waals surface area contributed by atoms with Crippen LogP contribution in [0.2, 0.25) is 0 Å². The van der Waals surface area contributed by atoms with Gasteiger partial charge in [-0.15, -0.1) is 5.11 Å². The summed E-state index contributed by atoms with van der Waals surface area (Å²) >= 11 is 2.06. The third kappa shape index (κ3) is 3.91. The molecule has 0 amide bonds. The molecule has 44 valence electrons. The van der Waals surface area contributed by atoms with E-state index in [1.54, 1.807) is 4.08 Å². The average Bonchev–Trinajstić information content (AvgIpc) is 1.83. The van der Waals surface area contributed by atoms with Crippen LogP contribution in [0.15, 0.2) is 20.0 Å². The molecule has 0 aromatic carbocycles. The first-order chi connectivity index (χ1) is 3.81. The molecule has 0 aliphatic heterocycles. The Bertz CT molecular complexity index is 127. The van der Waals surface area contributed by atoms with E-state index in [1.165, 1.54) is 0 Å². The van der Waals surface area contributed by atoms with Gasteiger partial charge in [-0.2, -0.15) is 5.11 Å². The van der Waals surface area contributed by atoms with E-state index in [9.17, 15) is 0 Å². The van der Waals surface area contributed by atoms with Crippen molar-refractivity contribution in [2.75, 3.05) is 0 Å². The van der Waals surface area contributed by atoms with Crippen molar-refractivity contribution < 1.29 is 0 Å². The smallest absolute Gasteiger partial charge is 0.129 e. The van der Waals surface area contributed by atoms with Crippen LogP contribution in [0.3, 0.4) is 0 Å². The van der Waals surface area contributed by atoms with Crippen LogP contribution in [0.4, 0.5) is 0 Å². The monoisotopic (exact) mass is 223 g/mol. The van der Waals surface area contributed by atoms with Crippen molar-refractivity contribution in [3.05, 3.63) is 9.78 Å². The second kappa shape index (κ2) is 4.89. The third-order valence-electron chi connectivity index (χ3n) is 0.431. The lowest BCUT2D eigenvalue weighted by atomic mass is 10.6. The molecule has 0 saturated heterocycles. The van der Waals surface area contributed by atoms with Gasteiger partial charge in [0.15, 0.2) is 0 Å². The lowest BCUT2D eigenvalue weighted by Crippen LogP contribution is -1.61. The Morgan fingerprint density at radius 3 is 2.75 bits per heavy atom. The van der Waals surface area contributed by atoms with Crippen LogP contribution in [-0.2, 0) is 0 Å². The normalized spacial score (nSPS) is 12.5.